The molecule has 0 saturated heterocycles. The first-order valence-corrected chi connectivity index (χ1v) is 8.30. The average Bonchev–Trinajstić information content (AvgIpc) is 2.99. The standard InChI is InChI=1S/C19H16FN3O3/c1-2-26-18(25)15-16(11-7-3-4-8-12(11)20)23-14-10-6-5-9-13(14)21-19(23)22-17(15)24/h3-10,15-16H,2H2,1H3,(H,21,22,24)/t15-,16-/m0/s1. The molecule has 1 aliphatic heterocycles. The predicted octanol–water partition coefficient (Wildman–Crippen LogP) is 2.90. The highest BCUT2D eigenvalue weighted by Crippen LogP contribution is 2.39. The van der Waals surface area contributed by atoms with Gasteiger partial charge in [0.15, 0.2) is 5.92 Å². The number of anilines is 1. The van der Waals surface area contributed by atoms with Crippen molar-refractivity contribution in [3.05, 3.63) is 59.9 Å². The maximum Gasteiger partial charge on any atom is 0.321 e. The van der Waals surface area contributed by atoms with Crippen molar-refractivity contribution in [1.29, 1.82) is 0 Å². The van der Waals surface area contributed by atoms with Gasteiger partial charge in [-0.25, -0.2) is 9.37 Å². The second kappa shape index (κ2) is 6.25. The van der Waals surface area contributed by atoms with Gasteiger partial charge in [0.25, 0.3) is 0 Å². The Hall–Kier alpha value is -3.22. The summed E-state index contributed by atoms with van der Waals surface area (Å²) in [6.45, 7) is 1.79. The Kier molecular flexibility index (Phi) is 3.91. The van der Waals surface area contributed by atoms with Crippen LogP contribution in [0.15, 0.2) is 48.5 Å². The largest absolute Gasteiger partial charge is 0.465 e. The van der Waals surface area contributed by atoms with Crippen molar-refractivity contribution in [2.75, 3.05) is 11.9 Å². The molecule has 0 aliphatic carbocycles. The molecule has 0 unspecified atom stereocenters. The van der Waals surface area contributed by atoms with E-state index in [0.717, 1.165) is 0 Å². The Morgan fingerprint density at radius 2 is 1.96 bits per heavy atom. The monoisotopic (exact) mass is 353 g/mol. The number of esters is 1. The van der Waals surface area contributed by atoms with Crippen LogP contribution in [0, 0.1) is 11.7 Å². The highest BCUT2D eigenvalue weighted by Gasteiger charge is 2.44. The Balaban J connectivity index is 1.99. The first-order valence-electron chi connectivity index (χ1n) is 8.30. The molecule has 0 bridgehead atoms. The summed E-state index contributed by atoms with van der Waals surface area (Å²) in [5.74, 6) is -2.67. The van der Waals surface area contributed by atoms with Gasteiger partial charge in [0.05, 0.1) is 23.7 Å². The zero-order valence-corrected chi connectivity index (χ0v) is 14.0. The van der Waals surface area contributed by atoms with Crippen LogP contribution in [-0.2, 0) is 14.3 Å². The number of fused-ring (bicyclic) bond motifs is 3. The van der Waals surface area contributed by atoms with Crippen molar-refractivity contribution >= 4 is 28.9 Å². The van der Waals surface area contributed by atoms with E-state index in [1.54, 1.807) is 35.8 Å². The highest BCUT2D eigenvalue weighted by molar-refractivity contribution is 6.07. The van der Waals surface area contributed by atoms with Gasteiger partial charge < -0.3 is 9.30 Å². The van der Waals surface area contributed by atoms with E-state index in [9.17, 15) is 14.0 Å². The van der Waals surface area contributed by atoms with E-state index in [4.69, 9.17) is 4.74 Å². The molecule has 132 valence electrons. The lowest BCUT2D eigenvalue weighted by Gasteiger charge is -2.32. The minimum Gasteiger partial charge on any atom is -0.465 e. The minimum atomic E-state index is -1.21. The van der Waals surface area contributed by atoms with E-state index in [0.29, 0.717) is 11.0 Å². The summed E-state index contributed by atoms with van der Waals surface area (Å²) in [4.78, 5) is 29.6. The lowest BCUT2D eigenvalue weighted by atomic mass is 9.90. The number of amides is 1. The van der Waals surface area contributed by atoms with Gasteiger partial charge in [-0.2, -0.15) is 0 Å². The van der Waals surface area contributed by atoms with Crippen LogP contribution >= 0.6 is 0 Å². The van der Waals surface area contributed by atoms with Crippen molar-refractivity contribution in [3.63, 3.8) is 0 Å². The smallest absolute Gasteiger partial charge is 0.321 e. The molecule has 0 radical (unpaired) electrons. The molecule has 1 aliphatic rings. The maximum absolute atomic E-state index is 14.6. The van der Waals surface area contributed by atoms with Gasteiger partial charge in [0, 0.05) is 5.56 Å². The predicted molar refractivity (Wildman–Crippen MR) is 93.0 cm³/mol. The van der Waals surface area contributed by atoms with Crippen molar-refractivity contribution in [1.82, 2.24) is 9.55 Å². The summed E-state index contributed by atoms with van der Waals surface area (Å²) in [6, 6.07) is 12.5. The number of imidazole rings is 1. The number of hydrogen-bond acceptors (Lipinski definition) is 4. The Labute approximate surface area is 148 Å². The summed E-state index contributed by atoms with van der Waals surface area (Å²) < 4.78 is 21.4. The van der Waals surface area contributed by atoms with Gasteiger partial charge in [-0.05, 0) is 25.1 Å². The second-order valence-electron chi connectivity index (χ2n) is 5.98. The first-order chi connectivity index (χ1) is 12.6. The summed E-state index contributed by atoms with van der Waals surface area (Å²) in [5, 5.41) is 2.65. The number of rotatable bonds is 3. The average molecular weight is 353 g/mol. The minimum absolute atomic E-state index is 0.129. The number of ether oxygens (including phenoxy) is 1. The topological polar surface area (TPSA) is 73.2 Å². The van der Waals surface area contributed by atoms with E-state index in [1.807, 2.05) is 18.2 Å². The van der Waals surface area contributed by atoms with Crippen molar-refractivity contribution in [3.8, 4) is 0 Å². The van der Waals surface area contributed by atoms with Crippen molar-refractivity contribution in [2.45, 2.75) is 13.0 Å². The molecule has 0 spiro atoms. The number of halogens is 1. The lowest BCUT2D eigenvalue weighted by Crippen LogP contribution is -2.43. The molecule has 2 atom stereocenters. The maximum atomic E-state index is 14.6. The van der Waals surface area contributed by atoms with Gasteiger partial charge in [0.2, 0.25) is 11.9 Å². The molecule has 2 aromatic carbocycles. The van der Waals surface area contributed by atoms with Crippen molar-refractivity contribution in [2.24, 2.45) is 5.92 Å². The summed E-state index contributed by atoms with van der Waals surface area (Å²) in [5.41, 5.74) is 1.59. The summed E-state index contributed by atoms with van der Waals surface area (Å²) >= 11 is 0. The van der Waals surface area contributed by atoms with Crippen LogP contribution in [0.2, 0.25) is 0 Å². The van der Waals surface area contributed by atoms with Crippen LogP contribution in [0.1, 0.15) is 18.5 Å². The molecular weight excluding hydrogens is 337 g/mol. The fourth-order valence-electron chi connectivity index (χ4n) is 3.40. The molecule has 6 nitrogen and oxygen atoms in total. The molecule has 4 rings (SSSR count). The van der Waals surface area contributed by atoms with Gasteiger partial charge >= 0.3 is 5.97 Å². The SMILES string of the molecule is CCOC(=O)[C@@H]1C(=O)Nc2nc3ccccc3n2[C@H]1c1ccccc1F. The molecular formula is C19H16FN3O3. The van der Waals surface area contributed by atoms with Crippen LogP contribution in [0.4, 0.5) is 10.3 Å². The number of carbonyl (C=O) groups excluding carboxylic acids is 2. The van der Waals surface area contributed by atoms with E-state index in [-0.39, 0.29) is 18.1 Å². The molecule has 3 aromatic rings. The third kappa shape index (κ3) is 2.44. The number of carbonyl (C=O) groups is 2. The van der Waals surface area contributed by atoms with Gasteiger partial charge in [-0.1, -0.05) is 30.3 Å². The van der Waals surface area contributed by atoms with E-state index in [2.05, 4.69) is 10.3 Å². The van der Waals surface area contributed by atoms with E-state index >= 15 is 0 Å². The molecule has 0 fully saturated rings. The van der Waals surface area contributed by atoms with E-state index in [1.165, 1.54) is 6.07 Å². The van der Waals surface area contributed by atoms with Crippen LogP contribution < -0.4 is 5.32 Å². The number of benzene rings is 2. The van der Waals surface area contributed by atoms with Gasteiger partial charge in [-0.15, -0.1) is 0 Å². The number of nitrogens with one attached hydrogen (secondary N) is 1. The zero-order chi connectivity index (χ0) is 18.3. The third-order valence-corrected chi connectivity index (χ3v) is 4.47. The molecule has 1 aromatic heterocycles. The lowest BCUT2D eigenvalue weighted by molar-refractivity contribution is -0.152. The van der Waals surface area contributed by atoms with Gasteiger partial charge in [-0.3, -0.25) is 14.9 Å². The number of para-hydroxylation sites is 2. The molecule has 1 N–H and O–H groups in total. The molecule has 1 amide bonds. The van der Waals surface area contributed by atoms with E-state index < -0.39 is 29.7 Å². The molecule has 26 heavy (non-hydrogen) atoms. The Morgan fingerprint density at radius 3 is 2.73 bits per heavy atom. The van der Waals surface area contributed by atoms with Crippen LogP contribution in [0.5, 0.6) is 0 Å². The number of aromatic nitrogens is 2. The zero-order valence-electron chi connectivity index (χ0n) is 14.0. The highest BCUT2D eigenvalue weighted by atomic mass is 19.1. The fourth-order valence-corrected chi connectivity index (χ4v) is 3.40. The molecule has 7 heteroatoms. The first kappa shape index (κ1) is 16.3. The van der Waals surface area contributed by atoms with Crippen LogP contribution in [-0.4, -0.2) is 28.0 Å². The van der Waals surface area contributed by atoms with Crippen LogP contribution in [0.3, 0.4) is 0 Å². The fraction of sp³-hybridized carbons (Fsp3) is 0.211. The van der Waals surface area contributed by atoms with Gasteiger partial charge in [0.1, 0.15) is 5.82 Å². The van der Waals surface area contributed by atoms with Crippen molar-refractivity contribution < 1.29 is 18.7 Å². The third-order valence-electron chi connectivity index (χ3n) is 4.47. The Morgan fingerprint density at radius 1 is 1.23 bits per heavy atom. The summed E-state index contributed by atoms with van der Waals surface area (Å²) in [6.07, 6.45) is 0. The quantitative estimate of drug-likeness (QED) is 0.580. The number of nitrogens with zero attached hydrogens (tertiary/aromatic N) is 2. The normalized spacial score (nSPS) is 19.1. The Bertz CT molecular complexity index is 1010. The number of hydrogen-bond donors (Lipinski definition) is 1. The molecule has 0 saturated carbocycles. The summed E-state index contributed by atoms with van der Waals surface area (Å²) in [7, 11) is 0. The van der Waals surface area contributed by atoms with Crippen LogP contribution in [0.25, 0.3) is 11.0 Å². The molecule has 2 heterocycles. The second-order valence-corrected chi connectivity index (χ2v) is 5.98.